The number of carboxylic acids is 2. The number of aliphatic carboxylic acids is 1. The Morgan fingerprint density at radius 1 is 0.743 bits per heavy atom. The summed E-state index contributed by atoms with van der Waals surface area (Å²) in [4.78, 5) is 34.8. The summed E-state index contributed by atoms with van der Waals surface area (Å²) in [6.45, 7) is 0. The van der Waals surface area contributed by atoms with Gasteiger partial charge in [-0.25, -0.2) is 14.6 Å². The van der Waals surface area contributed by atoms with Crippen molar-refractivity contribution >= 4 is 62.4 Å². The third kappa shape index (κ3) is 3.42. The van der Waals surface area contributed by atoms with Crippen LogP contribution in [-0.2, 0) is 4.79 Å². The van der Waals surface area contributed by atoms with E-state index in [0.717, 1.165) is 20.0 Å². The minimum Gasteiger partial charge on any atom is -0.477 e. The maximum Gasteiger partial charge on any atom is 0.355 e. The smallest absolute Gasteiger partial charge is 0.355 e. The number of nitrogens with zero attached hydrogens (tertiary/aromatic N) is 1. The van der Waals surface area contributed by atoms with Crippen molar-refractivity contribution in [1.29, 1.82) is 0 Å². The third-order valence-electron chi connectivity index (χ3n) is 5.90. The molecule has 35 heavy (non-hydrogen) atoms. The van der Waals surface area contributed by atoms with Gasteiger partial charge in [-0.1, -0.05) is 54.6 Å². The van der Waals surface area contributed by atoms with Crippen LogP contribution in [0.25, 0.3) is 31.8 Å². The number of carboxylic acid groups (broad SMARTS) is 2. The summed E-state index contributed by atoms with van der Waals surface area (Å²) in [7, 11) is 0. The molecule has 2 aromatic carbocycles. The number of rotatable bonds is 5. The van der Waals surface area contributed by atoms with Gasteiger partial charge in [-0.2, -0.15) is 0 Å². The average Bonchev–Trinajstić information content (AvgIpc) is 3.65. The largest absolute Gasteiger partial charge is 0.477 e. The number of nitrogens with one attached hydrogen (secondary N) is 1. The van der Waals surface area contributed by atoms with Crippen LogP contribution < -0.4 is 0 Å². The number of aromatic carboxylic acids is 1. The van der Waals surface area contributed by atoms with Crippen LogP contribution in [0, 0.1) is 0 Å². The molecule has 1 aliphatic rings. The summed E-state index contributed by atoms with van der Waals surface area (Å²) in [5.41, 5.74) is 3.05. The van der Waals surface area contributed by atoms with Crippen LogP contribution in [0.4, 0.5) is 0 Å². The lowest BCUT2D eigenvalue weighted by Gasteiger charge is -2.09. The minimum absolute atomic E-state index is 0.0301. The Bertz CT molecular complexity index is 1700. The lowest BCUT2D eigenvalue weighted by Crippen LogP contribution is -2.11. The van der Waals surface area contributed by atoms with Crippen molar-refractivity contribution in [3.8, 4) is 9.75 Å². The Morgan fingerprint density at radius 3 is 2.14 bits per heavy atom. The number of hydrogen-bond acceptors (Lipinski definition) is 5. The first kappa shape index (κ1) is 21.3. The molecule has 3 N–H and O–H groups in total. The summed E-state index contributed by atoms with van der Waals surface area (Å²) in [5, 5.41) is 23.0. The molecule has 4 heterocycles. The Labute approximate surface area is 207 Å². The van der Waals surface area contributed by atoms with Crippen LogP contribution in [0.3, 0.4) is 0 Å². The molecule has 8 heteroatoms. The van der Waals surface area contributed by atoms with E-state index < -0.39 is 11.9 Å². The number of hydrogen-bond donors (Lipinski definition) is 3. The van der Waals surface area contributed by atoms with Crippen LogP contribution in [0.15, 0.2) is 83.2 Å². The van der Waals surface area contributed by atoms with E-state index >= 15 is 0 Å². The number of thiophene rings is 2. The molecule has 0 saturated heterocycles. The molecule has 0 atom stereocenters. The van der Waals surface area contributed by atoms with E-state index in [0.29, 0.717) is 33.5 Å². The van der Waals surface area contributed by atoms with Crippen molar-refractivity contribution in [2.24, 2.45) is 4.99 Å². The number of H-pyrrole nitrogens is 1. The molecule has 0 fully saturated rings. The number of fused-ring (bicyclic) bond motifs is 2. The summed E-state index contributed by atoms with van der Waals surface area (Å²) in [5.74, 6) is -2.18. The zero-order valence-electron chi connectivity index (χ0n) is 18.0. The van der Waals surface area contributed by atoms with Gasteiger partial charge in [0.2, 0.25) is 0 Å². The molecular weight excluding hydrogens is 480 g/mol. The Balaban J connectivity index is 1.70. The molecule has 6 nitrogen and oxygen atoms in total. The molecule has 5 aromatic rings. The normalized spacial score (nSPS) is 14.1. The maximum atomic E-state index is 12.1. The SMILES string of the molecule is O=C(O)C1=N/C(=C(\c2ccc(-c3cccs3)s2)c2[nH]c(C(=O)O)c3ccccc23)c2ccccc21. The number of aromatic nitrogens is 1. The van der Waals surface area contributed by atoms with Crippen LogP contribution >= 0.6 is 22.7 Å². The fourth-order valence-corrected chi connectivity index (χ4v) is 6.30. The van der Waals surface area contributed by atoms with Gasteiger partial charge in [-0.3, -0.25) is 0 Å². The summed E-state index contributed by atoms with van der Waals surface area (Å²) >= 11 is 3.20. The van der Waals surface area contributed by atoms with Gasteiger partial charge in [0.15, 0.2) is 5.71 Å². The monoisotopic (exact) mass is 496 g/mol. The fourth-order valence-electron chi connectivity index (χ4n) is 4.41. The van der Waals surface area contributed by atoms with Crippen molar-refractivity contribution in [2.75, 3.05) is 0 Å². The standard InChI is InChI=1S/C27H16N2O4S2/c30-26(31)24-16-8-3-1-6-14(16)22(28-24)21(20-12-11-19(35-20)18-10-5-13-34-18)23-15-7-2-4-9-17(15)25(29-23)27(32)33/h1-13,28H,(H,30,31)(H,32,33)/b23-21+. The molecule has 0 bridgehead atoms. The van der Waals surface area contributed by atoms with Crippen LogP contribution in [-0.4, -0.2) is 32.8 Å². The topological polar surface area (TPSA) is 103 Å². The zero-order valence-corrected chi connectivity index (χ0v) is 19.6. The van der Waals surface area contributed by atoms with Crippen LogP contribution in [0.5, 0.6) is 0 Å². The number of benzene rings is 2. The second-order valence-corrected chi connectivity index (χ2v) is 9.93. The van der Waals surface area contributed by atoms with E-state index in [1.807, 2.05) is 53.9 Å². The Morgan fingerprint density at radius 2 is 1.46 bits per heavy atom. The first-order valence-corrected chi connectivity index (χ1v) is 12.4. The highest BCUT2D eigenvalue weighted by Gasteiger charge is 2.30. The van der Waals surface area contributed by atoms with Crippen molar-refractivity contribution in [3.63, 3.8) is 0 Å². The maximum absolute atomic E-state index is 12.1. The van der Waals surface area contributed by atoms with E-state index in [9.17, 15) is 19.8 Å². The third-order valence-corrected chi connectivity index (χ3v) is 8.06. The van der Waals surface area contributed by atoms with Gasteiger partial charge < -0.3 is 15.2 Å². The van der Waals surface area contributed by atoms with Crippen LogP contribution in [0.1, 0.15) is 32.2 Å². The summed E-state index contributed by atoms with van der Waals surface area (Å²) in [6.07, 6.45) is 0. The molecule has 0 spiro atoms. The summed E-state index contributed by atoms with van der Waals surface area (Å²) < 4.78 is 0. The second-order valence-electron chi connectivity index (χ2n) is 7.90. The highest BCUT2D eigenvalue weighted by atomic mass is 32.1. The van der Waals surface area contributed by atoms with E-state index in [2.05, 4.69) is 9.98 Å². The molecule has 0 radical (unpaired) electrons. The van der Waals surface area contributed by atoms with Crippen molar-refractivity contribution in [2.45, 2.75) is 0 Å². The molecule has 3 aromatic heterocycles. The molecule has 6 rings (SSSR count). The van der Waals surface area contributed by atoms with Gasteiger partial charge in [-0.05, 0) is 23.6 Å². The average molecular weight is 497 g/mol. The Kier molecular flexibility index (Phi) is 4.98. The van der Waals surface area contributed by atoms with Gasteiger partial charge in [0.05, 0.1) is 11.4 Å². The van der Waals surface area contributed by atoms with Gasteiger partial charge in [0, 0.05) is 42.1 Å². The van der Waals surface area contributed by atoms with Crippen LogP contribution in [0.2, 0.25) is 0 Å². The highest BCUT2D eigenvalue weighted by molar-refractivity contribution is 7.22. The lowest BCUT2D eigenvalue weighted by molar-refractivity contribution is -0.129. The number of aromatic amines is 1. The van der Waals surface area contributed by atoms with E-state index in [1.54, 1.807) is 46.9 Å². The predicted octanol–water partition coefficient (Wildman–Crippen LogP) is 6.46. The van der Waals surface area contributed by atoms with Crippen molar-refractivity contribution < 1.29 is 19.8 Å². The van der Waals surface area contributed by atoms with Crippen molar-refractivity contribution in [3.05, 3.63) is 106 Å². The number of aliphatic imine (C=N–C) groups is 1. The van der Waals surface area contributed by atoms with Gasteiger partial charge in [0.1, 0.15) is 5.69 Å². The molecule has 0 amide bonds. The van der Waals surface area contributed by atoms with Gasteiger partial charge in [0.25, 0.3) is 0 Å². The van der Waals surface area contributed by atoms with E-state index in [-0.39, 0.29) is 11.4 Å². The number of carbonyl (C=O) groups is 2. The fraction of sp³-hybridized carbons (Fsp3) is 0. The van der Waals surface area contributed by atoms with E-state index in [1.165, 1.54) is 0 Å². The molecular formula is C27H16N2O4S2. The first-order chi connectivity index (χ1) is 17.0. The minimum atomic E-state index is -1.11. The zero-order chi connectivity index (χ0) is 24.1. The molecule has 0 aliphatic carbocycles. The molecule has 1 aliphatic heterocycles. The lowest BCUT2D eigenvalue weighted by atomic mass is 9.98. The quantitative estimate of drug-likeness (QED) is 0.260. The first-order valence-electron chi connectivity index (χ1n) is 10.7. The second kappa shape index (κ2) is 8.19. The van der Waals surface area contributed by atoms with E-state index in [4.69, 9.17) is 0 Å². The summed E-state index contributed by atoms with van der Waals surface area (Å²) in [6, 6.07) is 22.6. The predicted molar refractivity (Wildman–Crippen MR) is 139 cm³/mol. The molecule has 0 unspecified atom stereocenters. The molecule has 0 saturated carbocycles. The van der Waals surface area contributed by atoms with Gasteiger partial charge in [-0.15, -0.1) is 22.7 Å². The van der Waals surface area contributed by atoms with Gasteiger partial charge >= 0.3 is 11.9 Å². The van der Waals surface area contributed by atoms with Crippen molar-refractivity contribution in [1.82, 2.24) is 4.98 Å². The highest BCUT2D eigenvalue weighted by Crippen LogP contribution is 2.44. The Hall–Kier alpha value is -4.27. The molecule has 170 valence electrons.